The van der Waals surface area contributed by atoms with Crippen LogP contribution in [0.2, 0.25) is 0 Å². The van der Waals surface area contributed by atoms with E-state index in [1.807, 2.05) is 6.07 Å². The lowest BCUT2D eigenvalue weighted by Crippen LogP contribution is -2.01. The Bertz CT molecular complexity index is 495. The van der Waals surface area contributed by atoms with Crippen molar-refractivity contribution >= 4 is 11.1 Å². The molecule has 2 aromatic rings. The van der Waals surface area contributed by atoms with Gasteiger partial charge in [0, 0.05) is 6.20 Å². The molecule has 6 heteroatoms. The molecule has 5 nitrogen and oxygen atoms in total. The summed E-state index contributed by atoms with van der Waals surface area (Å²) in [5.41, 5.74) is 0.620. The molecule has 0 radical (unpaired) electrons. The maximum atomic E-state index is 10.9. The van der Waals surface area contributed by atoms with Crippen LogP contribution in [0.3, 0.4) is 0 Å². The first-order chi connectivity index (χ1) is 7.20. The van der Waals surface area contributed by atoms with E-state index in [1.165, 1.54) is 10.9 Å². The van der Waals surface area contributed by atoms with Crippen LogP contribution < -0.4 is 0 Å². The van der Waals surface area contributed by atoms with E-state index in [4.69, 9.17) is 4.55 Å². The molecule has 2 aromatic heterocycles. The van der Waals surface area contributed by atoms with Crippen molar-refractivity contribution in [3.63, 3.8) is 0 Å². The van der Waals surface area contributed by atoms with Crippen LogP contribution in [0.4, 0.5) is 0 Å². The molecule has 2 heterocycles. The summed E-state index contributed by atoms with van der Waals surface area (Å²) in [5.74, 6) is 0.631. The zero-order chi connectivity index (χ0) is 10.8. The number of hydrogen-bond donors (Lipinski definition) is 1. The average Bonchev–Trinajstić information content (AvgIpc) is 2.61. The molecule has 0 aliphatic carbocycles. The molecule has 0 saturated heterocycles. The van der Waals surface area contributed by atoms with Crippen LogP contribution >= 0.6 is 0 Å². The number of rotatable bonds is 2. The summed E-state index contributed by atoms with van der Waals surface area (Å²) in [5, 5.41) is 4.01. The third kappa shape index (κ3) is 1.81. The molecule has 0 aromatic carbocycles. The highest BCUT2D eigenvalue weighted by atomic mass is 32.2. The molecular weight excluding hydrogens is 214 g/mol. The smallest absolute Gasteiger partial charge is 0.190 e. The van der Waals surface area contributed by atoms with Crippen molar-refractivity contribution in [3.05, 3.63) is 36.3 Å². The second-order valence-electron chi connectivity index (χ2n) is 2.94. The second-order valence-corrected chi connectivity index (χ2v) is 3.88. The van der Waals surface area contributed by atoms with Gasteiger partial charge in [0.1, 0.15) is 4.90 Å². The van der Waals surface area contributed by atoms with Gasteiger partial charge in [-0.25, -0.2) is 13.9 Å². The van der Waals surface area contributed by atoms with Gasteiger partial charge in [0.05, 0.1) is 11.9 Å². The molecule has 1 unspecified atom stereocenters. The standard InChI is InChI=1S/C9H9N3O2S/c1-7-8(15(13)14)6-11-12(7)9-4-2-3-5-10-9/h2-6H,1H3,(H,13,14). The van der Waals surface area contributed by atoms with Crippen LogP contribution in [0.25, 0.3) is 5.82 Å². The first-order valence-corrected chi connectivity index (χ1v) is 5.37. The minimum absolute atomic E-state index is 0.306. The molecule has 1 atom stereocenters. The highest BCUT2D eigenvalue weighted by Gasteiger charge is 2.12. The van der Waals surface area contributed by atoms with Crippen molar-refractivity contribution in [1.82, 2.24) is 14.8 Å². The van der Waals surface area contributed by atoms with E-state index in [-0.39, 0.29) is 0 Å². The Kier molecular flexibility index (Phi) is 2.61. The van der Waals surface area contributed by atoms with Gasteiger partial charge < -0.3 is 4.55 Å². The SMILES string of the molecule is Cc1c(S(=O)O)cnn1-c1ccccn1. The Labute approximate surface area is 89.1 Å². The quantitative estimate of drug-likeness (QED) is 0.776. The third-order valence-electron chi connectivity index (χ3n) is 2.02. The number of aromatic nitrogens is 3. The van der Waals surface area contributed by atoms with Crippen LogP contribution in [0, 0.1) is 6.92 Å². The Morgan fingerprint density at radius 3 is 2.80 bits per heavy atom. The number of pyridine rings is 1. The molecule has 0 bridgehead atoms. The lowest BCUT2D eigenvalue weighted by atomic mass is 10.4. The van der Waals surface area contributed by atoms with Crippen molar-refractivity contribution in [2.24, 2.45) is 0 Å². The molecule has 2 rings (SSSR count). The molecule has 0 aliphatic rings. The zero-order valence-corrected chi connectivity index (χ0v) is 8.81. The van der Waals surface area contributed by atoms with E-state index >= 15 is 0 Å². The summed E-state index contributed by atoms with van der Waals surface area (Å²) in [6, 6.07) is 5.41. The summed E-state index contributed by atoms with van der Waals surface area (Å²) in [6.07, 6.45) is 3.02. The van der Waals surface area contributed by atoms with Crippen LogP contribution in [0.5, 0.6) is 0 Å². The molecular formula is C9H9N3O2S. The lowest BCUT2D eigenvalue weighted by molar-refractivity contribution is 0.563. The first kappa shape index (κ1) is 10.0. The normalized spacial score (nSPS) is 12.7. The molecule has 0 aliphatic heterocycles. The van der Waals surface area contributed by atoms with Crippen molar-refractivity contribution < 1.29 is 8.76 Å². The maximum absolute atomic E-state index is 10.9. The van der Waals surface area contributed by atoms with Crippen LogP contribution in [0.1, 0.15) is 5.69 Å². The topological polar surface area (TPSA) is 68.0 Å². The van der Waals surface area contributed by atoms with Gasteiger partial charge in [-0.3, -0.25) is 0 Å². The fraction of sp³-hybridized carbons (Fsp3) is 0.111. The third-order valence-corrected chi connectivity index (χ3v) is 2.80. The summed E-state index contributed by atoms with van der Waals surface area (Å²) in [7, 11) is 0. The van der Waals surface area contributed by atoms with Gasteiger partial charge in [0.25, 0.3) is 0 Å². The Morgan fingerprint density at radius 1 is 1.47 bits per heavy atom. The Balaban J connectivity index is 2.52. The fourth-order valence-corrected chi connectivity index (χ4v) is 1.75. The van der Waals surface area contributed by atoms with Gasteiger partial charge in [-0.15, -0.1) is 0 Å². The Hall–Kier alpha value is -1.53. The van der Waals surface area contributed by atoms with E-state index in [2.05, 4.69) is 10.1 Å². The summed E-state index contributed by atoms with van der Waals surface area (Å²) >= 11 is -2.00. The molecule has 1 N–H and O–H groups in total. The predicted molar refractivity (Wildman–Crippen MR) is 55.1 cm³/mol. The van der Waals surface area contributed by atoms with Crippen molar-refractivity contribution in [1.29, 1.82) is 0 Å². The fourth-order valence-electron chi connectivity index (χ4n) is 1.28. The van der Waals surface area contributed by atoms with Gasteiger partial charge in [-0.05, 0) is 19.1 Å². The van der Waals surface area contributed by atoms with Gasteiger partial charge >= 0.3 is 0 Å². The minimum atomic E-state index is -2.00. The average molecular weight is 223 g/mol. The minimum Gasteiger partial charge on any atom is -0.302 e. The van der Waals surface area contributed by atoms with Crippen LogP contribution in [0.15, 0.2) is 35.5 Å². The van der Waals surface area contributed by atoms with Gasteiger partial charge in [0.15, 0.2) is 16.9 Å². The molecule has 15 heavy (non-hydrogen) atoms. The molecule has 0 amide bonds. The predicted octanol–water partition coefficient (Wildman–Crippen LogP) is 1.16. The summed E-state index contributed by atoms with van der Waals surface area (Å²) < 4.78 is 21.4. The molecule has 78 valence electrons. The molecule has 0 spiro atoms. The Morgan fingerprint density at radius 2 is 2.27 bits per heavy atom. The first-order valence-electron chi connectivity index (χ1n) is 4.27. The van der Waals surface area contributed by atoms with Crippen LogP contribution in [-0.4, -0.2) is 23.5 Å². The van der Waals surface area contributed by atoms with E-state index in [1.54, 1.807) is 25.3 Å². The molecule has 0 fully saturated rings. The largest absolute Gasteiger partial charge is 0.302 e. The maximum Gasteiger partial charge on any atom is 0.190 e. The van der Waals surface area contributed by atoms with Gasteiger partial charge in [-0.1, -0.05) is 6.07 Å². The van der Waals surface area contributed by atoms with E-state index in [0.717, 1.165) is 0 Å². The molecule has 0 saturated carbocycles. The second kappa shape index (κ2) is 3.92. The van der Waals surface area contributed by atoms with Crippen molar-refractivity contribution in [2.45, 2.75) is 11.8 Å². The van der Waals surface area contributed by atoms with E-state index < -0.39 is 11.1 Å². The lowest BCUT2D eigenvalue weighted by Gasteiger charge is -2.02. The summed E-state index contributed by atoms with van der Waals surface area (Å²) in [4.78, 5) is 4.41. The van der Waals surface area contributed by atoms with Gasteiger partial charge in [-0.2, -0.15) is 5.10 Å². The summed E-state index contributed by atoms with van der Waals surface area (Å²) in [6.45, 7) is 1.73. The van der Waals surface area contributed by atoms with Crippen molar-refractivity contribution in [3.8, 4) is 5.82 Å². The monoisotopic (exact) mass is 223 g/mol. The van der Waals surface area contributed by atoms with Gasteiger partial charge in [0.2, 0.25) is 0 Å². The zero-order valence-electron chi connectivity index (χ0n) is 7.99. The van der Waals surface area contributed by atoms with E-state index in [9.17, 15) is 4.21 Å². The van der Waals surface area contributed by atoms with Crippen LogP contribution in [-0.2, 0) is 11.1 Å². The number of hydrogen-bond acceptors (Lipinski definition) is 3. The van der Waals surface area contributed by atoms with E-state index in [0.29, 0.717) is 16.4 Å². The van der Waals surface area contributed by atoms with Crippen molar-refractivity contribution in [2.75, 3.05) is 0 Å². The highest BCUT2D eigenvalue weighted by molar-refractivity contribution is 7.79. The number of nitrogens with zero attached hydrogens (tertiary/aromatic N) is 3. The highest BCUT2D eigenvalue weighted by Crippen LogP contribution is 2.14.